The van der Waals surface area contributed by atoms with Gasteiger partial charge in [-0.05, 0) is 55.8 Å². The first-order valence-electron chi connectivity index (χ1n) is 7.45. The average molecular weight is 341 g/mol. The molecule has 0 amide bonds. The number of halogens is 1. The summed E-state index contributed by atoms with van der Waals surface area (Å²) in [5.41, 5.74) is 2.78. The zero-order valence-electron chi connectivity index (χ0n) is 14.0. The van der Waals surface area contributed by atoms with Gasteiger partial charge in [-0.25, -0.2) is 4.39 Å². The molecule has 0 unspecified atom stereocenters. The summed E-state index contributed by atoms with van der Waals surface area (Å²) in [7, 11) is 1.94. The molecule has 0 spiro atoms. The molecule has 0 bridgehead atoms. The molecule has 0 aliphatic rings. The lowest BCUT2D eigenvalue weighted by Crippen LogP contribution is -2.16. The third-order valence-electron chi connectivity index (χ3n) is 3.41. The molecule has 0 fully saturated rings. The number of aromatic nitrogens is 1. The minimum absolute atomic E-state index is 0.237. The predicted molar refractivity (Wildman–Crippen MR) is 101 cm³/mol. The number of hydrogen-bond donors (Lipinski definition) is 0. The third-order valence-corrected chi connectivity index (χ3v) is 4.32. The highest BCUT2D eigenvalue weighted by Crippen LogP contribution is 2.22. The normalized spacial score (nSPS) is 12.2. The van der Waals surface area contributed by atoms with Crippen LogP contribution in [0, 0.1) is 5.82 Å². The van der Waals surface area contributed by atoms with Gasteiger partial charge in [0.15, 0.2) is 0 Å². The number of thioether (sulfide) groups is 1. The van der Waals surface area contributed by atoms with Crippen LogP contribution in [0.2, 0.25) is 0 Å². The maximum atomic E-state index is 12.9. The van der Waals surface area contributed by atoms with Gasteiger partial charge in [-0.1, -0.05) is 18.3 Å². The predicted octanol–water partition coefficient (Wildman–Crippen LogP) is 5.29. The highest BCUT2D eigenvalue weighted by Gasteiger charge is 2.06. The van der Waals surface area contributed by atoms with E-state index in [9.17, 15) is 4.39 Å². The van der Waals surface area contributed by atoms with Gasteiger partial charge < -0.3 is 4.90 Å². The van der Waals surface area contributed by atoms with E-state index >= 15 is 0 Å². The average Bonchev–Trinajstić information content (AvgIpc) is 2.61. The van der Waals surface area contributed by atoms with Crippen molar-refractivity contribution in [2.24, 2.45) is 4.99 Å². The maximum Gasteiger partial charge on any atom is 0.123 e. The standard InChI is InChI=1S/C19H20FN3S/c1-14(15(2)23(4)18-6-5-11-21-13-18)12-22-16(3)24-19-9-7-17(20)8-10-19/h5-13H,2H2,1,3-4H3/b14-12+,22-16+. The molecule has 2 aromatic rings. The van der Waals surface area contributed by atoms with Gasteiger partial charge in [0.05, 0.1) is 16.9 Å². The van der Waals surface area contributed by atoms with Crippen LogP contribution in [-0.2, 0) is 0 Å². The Bertz CT molecular complexity index is 752. The van der Waals surface area contributed by atoms with E-state index in [2.05, 4.69) is 16.6 Å². The first kappa shape index (κ1) is 17.9. The number of nitrogens with zero attached hydrogens (tertiary/aromatic N) is 3. The minimum atomic E-state index is -0.237. The Morgan fingerprint density at radius 2 is 1.96 bits per heavy atom. The number of allylic oxidation sites excluding steroid dienone is 1. The van der Waals surface area contributed by atoms with Crippen LogP contribution in [0.4, 0.5) is 10.1 Å². The Balaban J connectivity index is 2.03. The highest BCUT2D eigenvalue weighted by molar-refractivity contribution is 8.13. The third kappa shape index (κ3) is 5.06. The molecule has 0 aliphatic heterocycles. The quantitative estimate of drug-likeness (QED) is 0.320. The monoisotopic (exact) mass is 341 g/mol. The van der Waals surface area contributed by atoms with E-state index < -0.39 is 0 Å². The van der Waals surface area contributed by atoms with Crippen LogP contribution < -0.4 is 4.90 Å². The van der Waals surface area contributed by atoms with Crippen molar-refractivity contribution in [1.82, 2.24) is 4.98 Å². The summed E-state index contributed by atoms with van der Waals surface area (Å²) in [6.45, 7) is 8.00. The van der Waals surface area contributed by atoms with Gasteiger partial charge in [0.25, 0.3) is 0 Å². The Morgan fingerprint density at radius 1 is 1.25 bits per heavy atom. The molecule has 24 heavy (non-hydrogen) atoms. The lowest BCUT2D eigenvalue weighted by atomic mass is 10.2. The topological polar surface area (TPSA) is 28.5 Å². The largest absolute Gasteiger partial charge is 0.344 e. The lowest BCUT2D eigenvalue weighted by molar-refractivity contribution is 0.626. The van der Waals surface area contributed by atoms with Crippen LogP contribution in [0.25, 0.3) is 0 Å². The van der Waals surface area contributed by atoms with Crippen LogP contribution in [0.5, 0.6) is 0 Å². The van der Waals surface area contributed by atoms with Crippen LogP contribution in [0.1, 0.15) is 13.8 Å². The highest BCUT2D eigenvalue weighted by atomic mass is 32.2. The summed E-state index contributed by atoms with van der Waals surface area (Å²) in [5.74, 6) is -0.237. The molecule has 0 radical (unpaired) electrons. The second-order valence-electron chi connectivity index (χ2n) is 5.23. The summed E-state index contributed by atoms with van der Waals surface area (Å²) < 4.78 is 12.9. The van der Waals surface area contributed by atoms with Crippen LogP contribution in [0.3, 0.4) is 0 Å². The van der Waals surface area contributed by atoms with Crippen LogP contribution in [0.15, 0.2) is 82.7 Å². The molecule has 1 heterocycles. The van der Waals surface area contributed by atoms with Crippen molar-refractivity contribution in [3.8, 4) is 0 Å². The molecule has 2 rings (SSSR count). The molecular formula is C19H20FN3S. The van der Waals surface area contributed by atoms with E-state index in [1.807, 2.05) is 37.9 Å². The molecule has 5 heteroatoms. The van der Waals surface area contributed by atoms with Gasteiger partial charge in [-0.2, -0.15) is 0 Å². The lowest BCUT2D eigenvalue weighted by Gasteiger charge is -2.21. The van der Waals surface area contributed by atoms with E-state index in [1.54, 1.807) is 30.7 Å². The van der Waals surface area contributed by atoms with E-state index in [0.717, 1.165) is 26.9 Å². The molecule has 0 N–H and O–H groups in total. The van der Waals surface area contributed by atoms with Gasteiger partial charge in [0, 0.05) is 30.0 Å². The summed E-state index contributed by atoms with van der Waals surface area (Å²) in [6.07, 6.45) is 5.32. The number of likely N-dealkylation sites (N-methyl/N-ethyl adjacent to an activating group) is 1. The van der Waals surface area contributed by atoms with Crippen molar-refractivity contribution in [1.29, 1.82) is 0 Å². The first-order chi connectivity index (χ1) is 11.5. The minimum Gasteiger partial charge on any atom is -0.344 e. The smallest absolute Gasteiger partial charge is 0.123 e. The number of aliphatic imine (C=N–C) groups is 1. The summed E-state index contributed by atoms with van der Waals surface area (Å²) >= 11 is 1.50. The van der Waals surface area contributed by atoms with Gasteiger partial charge in [-0.15, -0.1) is 0 Å². The van der Waals surface area contributed by atoms with Crippen molar-refractivity contribution >= 4 is 22.5 Å². The van der Waals surface area contributed by atoms with Crippen molar-refractivity contribution < 1.29 is 4.39 Å². The fourth-order valence-corrected chi connectivity index (χ4v) is 2.65. The van der Waals surface area contributed by atoms with Crippen LogP contribution in [-0.4, -0.2) is 17.1 Å². The zero-order chi connectivity index (χ0) is 17.5. The molecule has 124 valence electrons. The van der Waals surface area contributed by atoms with Crippen molar-refractivity contribution in [3.63, 3.8) is 0 Å². The number of rotatable bonds is 5. The van der Waals surface area contributed by atoms with Crippen molar-refractivity contribution in [2.45, 2.75) is 18.7 Å². The van der Waals surface area contributed by atoms with E-state index in [0.29, 0.717) is 0 Å². The fourth-order valence-electron chi connectivity index (χ4n) is 1.93. The molecule has 1 aromatic heterocycles. The summed E-state index contributed by atoms with van der Waals surface area (Å²) in [6, 6.07) is 10.2. The molecule has 1 aromatic carbocycles. The Labute approximate surface area is 146 Å². The van der Waals surface area contributed by atoms with Gasteiger partial charge in [-0.3, -0.25) is 9.98 Å². The second kappa shape index (κ2) is 8.45. The SMILES string of the molecule is C=C(/C(C)=C/N=C(\C)Sc1ccc(F)cc1)N(C)c1cccnc1. The molecule has 0 saturated heterocycles. The van der Waals surface area contributed by atoms with Crippen molar-refractivity contribution in [2.75, 3.05) is 11.9 Å². The molecular weight excluding hydrogens is 321 g/mol. The number of hydrogen-bond acceptors (Lipinski definition) is 4. The van der Waals surface area contributed by atoms with Crippen molar-refractivity contribution in [3.05, 3.63) is 78.7 Å². The second-order valence-corrected chi connectivity index (χ2v) is 6.50. The molecule has 3 nitrogen and oxygen atoms in total. The molecule has 0 atom stereocenters. The van der Waals surface area contributed by atoms with Crippen LogP contribution >= 0.6 is 11.8 Å². The van der Waals surface area contributed by atoms with Gasteiger partial charge in [0.2, 0.25) is 0 Å². The summed E-state index contributed by atoms with van der Waals surface area (Å²) in [5, 5.41) is 0.873. The van der Waals surface area contributed by atoms with Gasteiger partial charge in [0.1, 0.15) is 5.82 Å². The van der Waals surface area contributed by atoms with E-state index in [4.69, 9.17) is 0 Å². The Hall–Kier alpha value is -2.40. The molecule has 0 aliphatic carbocycles. The maximum absolute atomic E-state index is 12.9. The van der Waals surface area contributed by atoms with E-state index in [-0.39, 0.29) is 5.82 Å². The fraction of sp³-hybridized carbons (Fsp3) is 0.158. The first-order valence-corrected chi connectivity index (χ1v) is 8.26. The van der Waals surface area contributed by atoms with E-state index in [1.165, 1.54) is 23.9 Å². The Kier molecular flexibility index (Phi) is 6.32. The molecule has 0 saturated carbocycles. The number of benzene rings is 1. The summed E-state index contributed by atoms with van der Waals surface area (Å²) in [4.78, 5) is 11.5. The number of pyridine rings is 1. The Morgan fingerprint density at radius 3 is 2.58 bits per heavy atom. The zero-order valence-corrected chi connectivity index (χ0v) is 14.8. The number of anilines is 1. The van der Waals surface area contributed by atoms with Gasteiger partial charge >= 0.3 is 0 Å².